The van der Waals surface area contributed by atoms with Gasteiger partial charge in [0.15, 0.2) is 0 Å². The van der Waals surface area contributed by atoms with Crippen molar-refractivity contribution in [2.45, 2.75) is 51.5 Å². The number of likely N-dealkylation sites (tertiary alicyclic amines) is 1. The zero-order valence-electron chi connectivity index (χ0n) is 9.64. The normalized spacial score (nSPS) is 33.6. The van der Waals surface area contributed by atoms with Crippen LogP contribution in [0, 0.1) is 5.92 Å². The smallest absolute Gasteiger partial charge is 0.00977 e. The van der Waals surface area contributed by atoms with E-state index in [-0.39, 0.29) is 0 Å². The number of rotatable bonds is 1. The number of hydrogen-bond donors (Lipinski definition) is 0. The molecule has 0 amide bonds. The lowest BCUT2D eigenvalue weighted by Gasteiger charge is -2.33. The lowest BCUT2D eigenvalue weighted by molar-refractivity contribution is 0.163. The molecule has 2 aliphatic rings. The Morgan fingerprint density at radius 3 is 2.21 bits per heavy atom. The van der Waals surface area contributed by atoms with Crippen molar-refractivity contribution in [1.82, 2.24) is 4.90 Å². The van der Waals surface area contributed by atoms with Crippen molar-refractivity contribution in [3.05, 3.63) is 0 Å². The van der Waals surface area contributed by atoms with Crippen molar-refractivity contribution in [3.63, 3.8) is 0 Å². The van der Waals surface area contributed by atoms with Crippen molar-refractivity contribution in [2.24, 2.45) is 5.92 Å². The van der Waals surface area contributed by atoms with E-state index in [0.717, 1.165) is 12.0 Å². The lowest BCUT2D eigenvalue weighted by atomic mass is 9.86. The largest absolute Gasteiger partial charge is 0.300 e. The minimum atomic E-state index is 0.955. The van der Waals surface area contributed by atoms with E-state index in [9.17, 15) is 0 Å². The van der Waals surface area contributed by atoms with Crippen molar-refractivity contribution in [3.8, 4) is 0 Å². The second-order valence-corrected chi connectivity index (χ2v) is 4.67. The Bertz CT molecular complexity index is 143. The van der Waals surface area contributed by atoms with Crippen LogP contribution in [0.25, 0.3) is 0 Å². The van der Waals surface area contributed by atoms with E-state index in [4.69, 9.17) is 0 Å². The molecule has 14 heavy (non-hydrogen) atoms. The van der Waals surface area contributed by atoms with Crippen LogP contribution >= 0.6 is 22.6 Å². The van der Waals surface area contributed by atoms with E-state index in [1.54, 1.807) is 0 Å². The average molecular weight is 309 g/mol. The van der Waals surface area contributed by atoms with Crippen LogP contribution in [0.4, 0.5) is 0 Å². The molecule has 0 spiro atoms. The summed E-state index contributed by atoms with van der Waals surface area (Å²) in [5.74, 6) is 0.990. The van der Waals surface area contributed by atoms with E-state index in [0.29, 0.717) is 0 Å². The minimum Gasteiger partial charge on any atom is -0.300 e. The Balaban J connectivity index is 0.000000461. The molecule has 0 aromatic rings. The summed E-state index contributed by atoms with van der Waals surface area (Å²) in [4.78, 5) is 4.70. The molecule has 1 nitrogen and oxygen atoms in total. The molecule has 0 aromatic carbocycles. The van der Waals surface area contributed by atoms with Gasteiger partial charge in [-0.15, -0.1) is 0 Å². The van der Waals surface area contributed by atoms with Crippen molar-refractivity contribution in [2.75, 3.05) is 18.0 Å². The highest BCUT2D eigenvalue weighted by Crippen LogP contribution is 2.29. The van der Waals surface area contributed by atoms with Crippen molar-refractivity contribution < 1.29 is 0 Å². The third-order valence-electron chi connectivity index (χ3n) is 3.57. The summed E-state index contributed by atoms with van der Waals surface area (Å²) in [5.41, 5.74) is 0. The van der Waals surface area contributed by atoms with E-state index in [1.165, 1.54) is 51.6 Å². The predicted octanol–water partition coefficient (Wildman–Crippen LogP) is 3.71. The second-order valence-electron chi connectivity index (χ2n) is 4.67. The van der Waals surface area contributed by atoms with Gasteiger partial charge in [-0.2, -0.15) is 0 Å². The molecule has 1 saturated heterocycles. The number of hydrogen-bond acceptors (Lipinski definition) is 1. The van der Waals surface area contributed by atoms with Crippen molar-refractivity contribution in [1.29, 1.82) is 0 Å². The Hall–Kier alpha value is 0.690. The Morgan fingerprint density at radius 2 is 1.64 bits per heavy atom. The first kappa shape index (κ1) is 12.8. The van der Waals surface area contributed by atoms with Gasteiger partial charge in [-0.3, -0.25) is 0 Å². The Labute approximate surface area is 103 Å². The lowest BCUT2D eigenvalue weighted by Crippen LogP contribution is -2.36. The molecular weight excluding hydrogens is 285 g/mol. The van der Waals surface area contributed by atoms with Crippen LogP contribution in [0.3, 0.4) is 0 Å². The van der Waals surface area contributed by atoms with Crippen LogP contribution in [0.2, 0.25) is 0 Å². The number of halogens is 1. The molecule has 84 valence electrons. The zero-order valence-corrected chi connectivity index (χ0v) is 11.8. The first-order valence-corrected chi connectivity index (χ1v) is 8.14. The quantitative estimate of drug-likeness (QED) is 0.527. The number of nitrogens with zero attached hydrogens (tertiary/aromatic N) is 1. The summed E-state index contributed by atoms with van der Waals surface area (Å²) >= 11 is 2.15. The van der Waals surface area contributed by atoms with Gasteiger partial charge in [0.05, 0.1) is 0 Å². The van der Waals surface area contributed by atoms with Gasteiger partial charge >= 0.3 is 0 Å². The van der Waals surface area contributed by atoms with Crippen LogP contribution < -0.4 is 0 Å². The monoisotopic (exact) mass is 309 g/mol. The van der Waals surface area contributed by atoms with Gasteiger partial charge in [0, 0.05) is 6.04 Å². The zero-order chi connectivity index (χ0) is 10.4. The second kappa shape index (κ2) is 7.04. The predicted molar refractivity (Wildman–Crippen MR) is 72.2 cm³/mol. The molecule has 0 aromatic heterocycles. The molecule has 0 radical (unpaired) electrons. The minimum absolute atomic E-state index is 0.955. The molecular formula is C12H24IN. The molecule has 0 bridgehead atoms. The molecule has 2 heteroatoms. The average Bonchev–Trinajstić information content (AvgIpc) is 2.74. The van der Waals surface area contributed by atoms with E-state index in [1.807, 2.05) is 4.93 Å². The highest BCUT2D eigenvalue weighted by atomic mass is 127. The third-order valence-corrected chi connectivity index (χ3v) is 3.57. The molecule has 1 heterocycles. The van der Waals surface area contributed by atoms with E-state index in [2.05, 4.69) is 34.4 Å². The molecule has 1 saturated carbocycles. The summed E-state index contributed by atoms with van der Waals surface area (Å²) in [6.07, 6.45) is 8.80. The van der Waals surface area contributed by atoms with Crippen LogP contribution in [0.5, 0.6) is 0 Å². The van der Waals surface area contributed by atoms with E-state index >= 15 is 0 Å². The van der Waals surface area contributed by atoms with Crippen molar-refractivity contribution >= 4 is 22.6 Å². The summed E-state index contributed by atoms with van der Waals surface area (Å²) in [6, 6.07) is 0.955. The third kappa shape index (κ3) is 3.69. The highest BCUT2D eigenvalue weighted by Gasteiger charge is 2.25. The highest BCUT2D eigenvalue weighted by molar-refractivity contribution is 14.1. The first-order valence-electron chi connectivity index (χ1n) is 5.98. The fourth-order valence-electron chi connectivity index (χ4n) is 2.84. The summed E-state index contributed by atoms with van der Waals surface area (Å²) < 4.78 is 0. The fourth-order valence-corrected chi connectivity index (χ4v) is 2.84. The van der Waals surface area contributed by atoms with Gasteiger partial charge < -0.3 is 4.90 Å². The van der Waals surface area contributed by atoms with Crippen LogP contribution in [0.1, 0.15) is 45.4 Å². The summed E-state index contributed by atoms with van der Waals surface area (Å²) in [5, 5.41) is 0. The molecule has 2 fully saturated rings. The molecule has 2 unspecified atom stereocenters. The summed E-state index contributed by atoms with van der Waals surface area (Å²) in [6.45, 7) is 5.19. The SMILES string of the molecule is CC1CCCC(N2CCCC2)C1.CI. The van der Waals surface area contributed by atoms with Crippen LogP contribution in [-0.4, -0.2) is 29.0 Å². The molecule has 0 N–H and O–H groups in total. The van der Waals surface area contributed by atoms with Crippen LogP contribution in [0.15, 0.2) is 0 Å². The standard InChI is InChI=1S/C11H21N.CH3I/c1-10-5-4-6-11(9-10)12-7-2-3-8-12;1-2/h10-11H,2-9H2,1H3;1H3. The Kier molecular flexibility index (Phi) is 6.42. The topological polar surface area (TPSA) is 3.24 Å². The van der Waals surface area contributed by atoms with Gasteiger partial charge in [0.25, 0.3) is 0 Å². The van der Waals surface area contributed by atoms with Gasteiger partial charge in [-0.1, -0.05) is 42.4 Å². The van der Waals surface area contributed by atoms with Gasteiger partial charge in [-0.05, 0) is 49.6 Å². The molecule has 2 rings (SSSR count). The first-order chi connectivity index (χ1) is 6.86. The maximum atomic E-state index is 2.73. The fraction of sp³-hybridized carbons (Fsp3) is 1.00. The molecule has 1 aliphatic carbocycles. The maximum Gasteiger partial charge on any atom is 0.00977 e. The van der Waals surface area contributed by atoms with E-state index < -0.39 is 0 Å². The molecule has 1 aliphatic heterocycles. The molecule has 2 atom stereocenters. The van der Waals surface area contributed by atoms with Gasteiger partial charge in [0.2, 0.25) is 0 Å². The van der Waals surface area contributed by atoms with Gasteiger partial charge in [-0.25, -0.2) is 0 Å². The number of alkyl halides is 1. The van der Waals surface area contributed by atoms with Crippen LogP contribution in [-0.2, 0) is 0 Å². The van der Waals surface area contributed by atoms with Gasteiger partial charge in [0.1, 0.15) is 0 Å². The maximum absolute atomic E-state index is 2.73. The summed E-state index contributed by atoms with van der Waals surface area (Å²) in [7, 11) is 0. The Morgan fingerprint density at radius 1 is 1.00 bits per heavy atom.